The van der Waals surface area contributed by atoms with Crippen LogP contribution in [0.15, 0.2) is 41.6 Å². The molecule has 0 saturated carbocycles. The fourth-order valence-corrected chi connectivity index (χ4v) is 1.54. The second-order valence-corrected chi connectivity index (χ2v) is 4.07. The molecule has 0 aliphatic rings. The highest BCUT2D eigenvalue weighted by Crippen LogP contribution is 2.08. The molecule has 1 amide bonds. The summed E-state index contributed by atoms with van der Waals surface area (Å²) in [6.07, 6.45) is 3.21. The maximum atomic E-state index is 11.6. The SMILES string of the molecule is Cn1ccc(C(=O)N/N=C\c2cccc(Cl)c2)n1. The van der Waals surface area contributed by atoms with Gasteiger partial charge in [-0.1, -0.05) is 23.7 Å². The van der Waals surface area contributed by atoms with E-state index in [1.807, 2.05) is 12.1 Å². The molecular formula is C12H11ClN4O. The van der Waals surface area contributed by atoms with E-state index >= 15 is 0 Å². The Labute approximate surface area is 109 Å². The first-order valence-corrected chi connectivity index (χ1v) is 5.61. The molecule has 18 heavy (non-hydrogen) atoms. The lowest BCUT2D eigenvalue weighted by Gasteiger charge is -1.96. The number of halogens is 1. The molecule has 0 unspecified atom stereocenters. The van der Waals surface area contributed by atoms with Crippen LogP contribution in [0.25, 0.3) is 0 Å². The molecule has 92 valence electrons. The van der Waals surface area contributed by atoms with Crippen molar-refractivity contribution in [1.29, 1.82) is 0 Å². The minimum Gasteiger partial charge on any atom is -0.275 e. The van der Waals surface area contributed by atoms with Gasteiger partial charge in [-0.05, 0) is 23.8 Å². The molecule has 0 aliphatic carbocycles. The van der Waals surface area contributed by atoms with Crippen LogP contribution in [-0.4, -0.2) is 21.9 Å². The van der Waals surface area contributed by atoms with Gasteiger partial charge in [-0.2, -0.15) is 10.2 Å². The number of amides is 1. The predicted octanol–water partition coefficient (Wildman–Crippen LogP) is 1.84. The number of rotatable bonds is 3. The van der Waals surface area contributed by atoms with Crippen LogP contribution in [0.4, 0.5) is 0 Å². The van der Waals surface area contributed by atoms with E-state index in [4.69, 9.17) is 11.6 Å². The summed E-state index contributed by atoms with van der Waals surface area (Å²) in [5, 5.41) is 8.42. The predicted molar refractivity (Wildman–Crippen MR) is 69.7 cm³/mol. The van der Waals surface area contributed by atoms with Crippen molar-refractivity contribution >= 4 is 23.7 Å². The number of hydrogen-bond acceptors (Lipinski definition) is 3. The molecule has 0 atom stereocenters. The molecule has 0 radical (unpaired) electrons. The molecular weight excluding hydrogens is 252 g/mol. The summed E-state index contributed by atoms with van der Waals surface area (Å²) in [5.74, 6) is -0.353. The van der Waals surface area contributed by atoms with Gasteiger partial charge in [0.1, 0.15) is 0 Å². The molecule has 1 heterocycles. The van der Waals surface area contributed by atoms with E-state index in [9.17, 15) is 4.79 Å². The fraction of sp³-hybridized carbons (Fsp3) is 0.0833. The minimum atomic E-state index is -0.353. The van der Waals surface area contributed by atoms with E-state index in [1.165, 1.54) is 6.21 Å². The first-order valence-electron chi connectivity index (χ1n) is 5.24. The number of nitrogens with one attached hydrogen (secondary N) is 1. The summed E-state index contributed by atoms with van der Waals surface area (Å²) in [5.41, 5.74) is 3.52. The number of aromatic nitrogens is 2. The summed E-state index contributed by atoms with van der Waals surface area (Å²) in [4.78, 5) is 11.6. The first-order chi connectivity index (χ1) is 8.65. The molecule has 6 heteroatoms. The zero-order chi connectivity index (χ0) is 13.0. The third-order valence-electron chi connectivity index (χ3n) is 2.17. The fourth-order valence-electron chi connectivity index (χ4n) is 1.35. The van der Waals surface area contributed by atoms with Crippen molar-refractivity contribution in [3.63, 3.8) is 0 Å². The zero-order valence-corrected chi connectivity index (χ0v) is 10.4. The van der Waals surface area contributed by atoms with Crippen LogP contribution in [0.2, 0.25) is 5.02 Å². The number of hydrazone groups is 1. The maximum absolute atomic E-state index is 11.6. The Hall–Kier alpha value is -2.14. The van der Waals surface area contributed by atoms with Crippen molar-refractivity contribution in [2.24, 2.45) is 12.1 Å². The van der Waals surface area contributed by atoms with Gasteiger partial charge in [-0.3, -0.25) is 9.48 Å². The van der Waals surface area contributed by atoms with Gasteiger partial charge in [0.2, 0.25) is 0 Å². The number of aryl methyl sites for hydroxylation is 1. The standard InChI is InChI=1S/C12H11ClN4O/c1-17-6-5-11(16-17)12(18)15-14-8-9-3-2-4-10(13)7-9/h2-8H,1H3,(H,15,18)/b14-8-. The average Bonchev–Trinajstić information content (AvgIpc) is 2.76. The minimum absolute atomic E-state index is 0.320. The average molecular weight is 263 g/mol. The Bertz CT molecular complexity index is 591. The first kappa shape index (κ1) is 12.3. The van der Waals surface area contributed by atoms with Gasteiger partial charge >= 0.3 is 0 Å². The van der Waals surface area contributed by atoms with E-state index in [1.54, 1.807) is 36.1 Å². The summed E-state index contributed by atoms with van der Waals surface area (Å²) in [7, 11) is 1.74. The zero-order valence-electron chi connectivity index (χ0n) is 9.67. The van der Waals surface area contributed by atoms with E-state index in [-0.39, 0.29) is 5.91 Å². The van der Waals surface area contributed by atoms with Gasteiger partial charge in [-0.15, -0.1) is 0 Å². The number of carbonyl (C=O) groups is 1. The molecule has 2 aromatic rings. The normalized spacial score (nSPS) is 10.8. The summed E-state index contributed by atoms with van der Waals surface area (Å²) < 4.78 is 1.55. The number of carbonyl (C=O) groups excluding carboxylic acids is 1. The lowest BCUT2D eigenvalue weighted by Crippen LogP contribution is -2.18. The third kappa shape index (κ3) is 3.18. The van der Waals surface area contributed by atoms with Gasteiger partial charge in [0.25, 0.3) is 5.91 Å². The Balaban J connectivity index is 1.97. The Morgan fingerprint density at radius 2 is 2.33 bits per heavy atom. The van der Waals surface area contributed by atoms with Crippen molar-refractivity contribution in [3.05, 3.63) is 52.8 Å². The van der Waals surface area contributed by atoms with E-state index < -0.39 is 0 Å². The maximum Gasteiger partial charge on any atom is 0.291 e. The lowest BCUT2D eigenvalue weighted by molar-refractivity contribution is 0.0949. The monoisotopic (exact) mass is 262 g/mol. The molecule has 0 bridgehead atoms. The van der Waals surface area contributed by atoms with Crippen molar-refractivity contribution in [2.75, 3.05) is 0 Å². The molecule has 2 rings (SSSR count). The van der Waals surface area contributed by atoms with E-state index in [2.05, 4.69) is 15.6 Å². The van der Waals surface area contributed by atoms with Crippen LogP contribution in [-0.2, 0) is 7.05 Å². The summed E-state index contributed by atoms with van der Waals surface area (Å²) in [6, 6.07) is 8.78. The molecule has 1 aromatic heterocycles. The van der Waals surface area contributed by atoms with Gasteiger partial charge < -0.3 is 0 Å². The van der Waals surface area contributed by atoms with Crippen LogP contribution < -0.4 is 5.43 Å². The van der Waals surface area contributed by atoms with Crippen LogP contribution in [0.1, 0.15) is 16.1 Å². The van der Waals surface area contributed by atoms with Gasteiger partial charge in [-0.25, -0.2) is 5.43 Å². The molecule has 0 saturated heterocycles. The molecule has 1 N–H and O–H groups in total. The lowest BCUT2D eigenvalue weighted by atomic mass is 10.2. The molecule has 0 aliphatic heterocycles. The second-order valence-electron chi connectivity index (χ2n) is 3.63. The molecule has 0 spiro atoms. The Morgan fingerprint density at radius 1 is 1.50 bits per heavy atom. The van der Waals surface area contributed by atoms with Gasteiger partial charge in [0, 0.05) is 18.3 Å². The molecule has 1 aromatic carbocycles. The molecule has 5 nitrogen and oxygen atoms in total. The van der Waals surface area contributed by atoms with Gasteiger partial charge in [0.15, 0.2) is 5.69 Å². The van der Waals surface area contributed by atoms with Crippen molar-refractivity contribution in [3.8, 4) is 0 Å². The van der Waals surface area contributed by atoms with Crippen LogP contribution >= 0.6 is 11.6 Å². The highest BCUT2D eigenvalue weighted by Gasteiger charge is 2.06. The Morgan fingerprint density at radius 3 is 3.00 bits per heavy atom. The number of nitrogens with zero attached hydrogens (tertiary/aromatic N) is 3. The summed E-state index contributed by atoms with van der Waals surface area (Å²) in [6.45, 7) is 0. The second kappa shape index (κ2) is 5.46. The largest absolute Gasteiger partial charge is 0.291 e. The van der Waals surface area contributed by atoms with Crippen LogP contribution in [0.3, 0.4) is 0 Å². The Kier molecular flexibility index (Phi) is 3.74. The van der Waals surface area contributed by atoms with Crippen molar-refractivity contribution in [2.45, 2.75) is 0 Å². The highest BCUT2D eigenvalue weighted by molar-refractivity contribution is 6.30. The summed E-state index contributed by atoms with van der Waals surface area (Å²) >= 11 is 5.82. The van der Waals surface area contributed by atoms with E-state index in [0.29, 0.717) is 10.7 Å². The number of hydrogen-bond donors (Lipinski definition) is 1. The smallest absolute Gasteiger partial charge is 0.275 e. The number of benzene rings is 1. The van der Waals surface area contributed by atoms with E-state index in [0.717, 1.165) is 5.56 Å². The van der Waals surface area contributed by atoms with Gasteiger partial charge in [0.05, 0.1) is 6.21 Å². The molecule has 0 fully saturated rings. The van der Waals surface area contributed by atoms with Crippen molar-refractivity contribution < 1.29 is 4.79 Å². The quantitative estimate of drug-likeness (QED) is 0.678. The third-order valence-corrected chi connectivity index (χ3v) is 2.41. The highest BCUT2D eigenvalue weighted by atomic mass is 35.5. The van der Waals surface area contributed by atoms with Crippen molar-refractivity contribution in [1.82, 2.24) is 15.2 Å². The topological polar surface area (TPSA) is 59.3 Å². The van der Waals surface area contributed by atoms with Crippen LogP contribution in [0.5, 0.6) is 0 Å². The van der Waals surface area contributed by atoms with Crippen LogP contribution in [0, 0.1) is 0 Å².